The normalized spacial score (nSPS) is 12.0. The standard InChI is InChI=1S/C31H52O5/c1-6-10-13-16-23-33-28-20-21-29(34-24-17-14-11-7-2)31(35-25-18-15-12-8-3)27(28)19-22-30(32)36-26(5)9-4/h19-22,26H,6-18,23-25H2,1-5H3. The van der Waals surface area contributed by atoms with Crippen molar-refractivity contribution in [3.63, 3.8) is 0 Å². The second kappa shape index (κ2) is 21.0. The molecule has 0 aliphatic rings. The summed E-state index contributed by atoms with van der Waals surface area (Å²) < 4.78 is 24.1. The van der Waals surface area contributed by atoms with E-state index in [0.717, 1.165) is 50.5 Å². The van der Waals surface area contributed by atoms with E-state index in [4.69, 9.17) is 18.9 Å². The molecule has 206 valence electrons. The van der Waals surface area contributed by atoms with E-state index in [1.54, 1.807) is 6.08 Å². The van der Waals surface area contributed by atoms with Crippen LogP contribution in [0.5, 0.6) is 17.2 Å². The average Bonchev–Trinajstić information content (AvgIpc) is 2.88. The molecular weight excluding hydrogens is 452 g/mol. The summed E-state index contributed by atoms with van der Waals surface area (Å²) in [5, 5.41) is 0. The van der Waals surface area contributed by atoms with E-state index in [1.165, 1.54) is 44.6 Å². The van der Waals surface area contributed by atoms with Gasteiger partial charge < -0.3 is 18.9 Å². The minimum absolute atomic E-state index is 0.122. The summed E-state index contributed by atoms with van der Waals surface area (Å²) in [7, 11) is 0. The third kappa shape index (κ3) is 13.8. The van der Waals surface area contributed by atoms with Crippen LogP contribution in [0.3, 0.4) is 0 Å². The molecule has 1 atom stereocenters. The van der Waals surface area contributed by atoms with Gasteiger partial charge in [0.1, 0.15) is 5.75 Å². The molecule has 0 radical (unpaired) electrons. The first kappa shape index (κ1) is 31.9. The van der Waals surface area contributed by atoms with Gasteiger partial charge in [-0.15, -0.1) is 0 Å². The molecule has 0 aromatic heterocycles. The van der Waals surface area contributed by atoms with Crippen LogP contribution in [0, 0.1) is 0 Å². The zero-order chi connectivity index (χ0) is 26.4. The molecule has 0 amide bonds. The third-order valence-electron chi connectivity index (χ3n) is 6.15. The lowest BCUT2D eigenvalue weighted by molar-refractivity contribution is -0.142. The maximum Gasteiger partial charge on any atom is 0.331 e. The van der Waals surface area contributed by atoms with Gasteiger partial charge in [0, 0.05) is 6.08 Å². The fourth-order valence-corrected chi connectivity index (χ4v) is 3.70. The molecule has 36 heavy (non-hydrogen) atoms. The van der Waals surface area contributed by atoms with Gasteiger partial charge in [0.05, 0.1) is 31.5 Å². The van der Waals surface area contributed by atoms with Gasteiger partial charge in [-0.2, -0.15) is 0 Å². The molecule has 0 heterocycles. The van der Waals surface area contributed by atoms with Crippen molar-refractivity contribution in [2.24, 2.45) is 0 Å². The molecule has 0 aliphatic carbocycles. The number of unbranched alkanes of at least 4 members (excludes halogenated alkanes) is 9. The van der Waals surface area contributed by atoms with Gasteiger partial charge in [-0.25, -0.2) is 4.79 Å². The molecule has 0 N–H and O–H groups in total. The molecule has 5 nitrogen and oxygen atoms in total. The number of carbonyl (C=O) groups excluding carboxylic acids is 1. The van der Waals surface area contributed by atoms with E-state index >= 15 is 0 Å². The van der Waals surface area contributed by atoms with Gasteiger partial charge in [0.25, 0.3) is 0 Å². The predicted molar refractivity (Wildman–Crippen MR) is 150 cm³/mol. The van der Waals surface area contributed by atoms with Gasteiger partial charge in [-0.05, 0) is 50.8 Å². The molecule has 0 saturated carbocycles. The lowest BCUT2D eigenvalue weighted by Crippen LogP contribution is -2.11. The molecule has 0 spiro atoms. The predicted octanol–water partition coefficient (Wildman–Crippen LogP) is 8.92. The Labute approximate surface area is 220 Å². The second-order valence-corrected chi connectivity index (χ2v) is 9.52. The molecule has 5 heteroatoms. The van der Waals surface area contributed by atoms with Crippen molar-refractivity contribution in [3.8, 4) is 17.2 Å². The quantitative estimate of drug-likeness (QED) is 0.0896. The minimum Gasteiger partial charge on any atom is -0.493 e. The lowest BCUT2D eigenvalue weighted by atomic mass is 10.1. The summed E-state index contributed by atoms with van der Waals surface area (Å²) >= 11 is 0. The van der Waals surface area contributed by atoms with Crippen LogP contribution in [-0.2, 0) is 9.53 Å². The fourth-order valence-electron chi connectivity index (χ4n) is 3.70. The Morgan fingerprint density at radius 3 is 1.75 bits per heavy atom. The summed E-state index contributed by atoms with van der Waals surface area (Å²) in [6.45, 7) is 12.4. The number of benzene rings is 1. The number of esters is 1. The number of ether oxygens (including phenoxy) is 4. The van der Waals surface area contributed by atoms with Gasteiger partial charge in [-0.1, -0.05) is 85.5 Å². The van der Waals surface area contributed by atoms with Gasteiger partial charge in [-0.3, -0.25) is 0 Å². The van der Waals surface area contributed by atoms with E-state index in [9.17, 15) is 4.79 Å². The van der Waals surface area contributed by atoms with Gasteiger partial charge >= 0.3 is 5.97 Å². The number of hydrogen-bond acceptors (Lipinski definition) is 5. The van der Waals surface area contributed by atoms with E-state index in [-0.39, 0.29) is 12.1 Å². The number of hydrogen-bond donors (Lipinski definition) is 0. The van der Waals surface area contributed by atoms with Crippen LogP contribution in [0.15, 0.2) is 18.2 Å². The molecule has 1 aromatic rings. The van der Waals surface area contributed by atoms with Crippen molar-refractivity contribution in [1.29, 1.82) is 0 Å². The highest BCUT2D eigenvalue weighted by Gasteiger charge is 2.17. The molecular formula is C31H52O5. The Morgan fingerprint density at radius 2 is 1.22 bits per heavy atom. The van der Waals surface area contributed by atoms with E-state index in [1.807, 2.05) is 26.0 Å². The Hall–Kier alpha value is -2.17. The Balaban J connectivity index is 3.16. The summed E-state index contributed by atoms with van der Waals surface area (Å²) in [6, 6.07) is 3.88. The zero-order valence-electron chi connectivity index (χ0n) is 23.7. The molecule has 0 saturated heterocycles. The monoisotopic (exact) mass is 504 g/mol. The second-order valence-electron chi connectivity index (χ2n) is 9.52. The first-order valence-electron chi connectivity index (χ1n) is 14.5. The van der Waals surface area contributed by atoms with Crippen LogP contribution in [0.4, 0.5) is 0 Å². The van der Waals surface area contributed by atoms with Crippen molar-refractivity contribution < 1.29 is 23.7 Å². The molecule has 1 unspecified atom stereocenters. The molecule has 1 rings (SSSR count). The van der Waals surface area contributed by atoms with Crippen molar-refractivity contribution in [2.75, 3.05) is 19.8 Å². The van der Waals surface area contributed by atoms with Gasteiger partial charge in [0.15, 0.2) is 11.5 Å². The summed E-state index contributed by atoms with van der Waals surface area (Å²) in [4.78, 5) is 12.4. The maximum atomic E-state index is 12.4. The van der Waals surface area contributed by atoms with Crippen LogP contribution in [0.25, 0.3) is 6.08 Å². The first-order chi connectivity index (χ1) is 17.6. The Morgan fingerprint density at radius 1 is 0.722 bits per heavy atom. The lowest BCUT2D eigenvalue weighted by Gasteiger charge is -2.19. The fraction of sp³-hybridized carbons (Fsp3) is 0.710. The maximum absolute atomic E-state index is 12.4. The third-order valence-corrected chi connectivity index (χ3v) is 6.15. The van der Waals surface area contributed by atoms with Crippen LogP contribution < -0.4 is 14.2 Å². The highest BCUT2D eigenvalue weighted by Crippen LogP contribution is 2.39. The highest BCUT2D eigenvalue weighted by atomic mass is 16.5. The Kier molecular flexibility index (Phi) is 18.6. The largest absolute Gasteiger partial charge is 0.493 e. The van der Waals surface area contributed by atoms with Crippen molar-refractivity contribution >= 4 is 12.0 Å². The molecule has 0 aliphatic heterocycles. The molecule has 0 fully saturated rings. The average molecular weight is 505 g/mol. The Bertz CT molecular complexity index is 728. The molecule has 0 bridgehead atoms. The van der Waals surface area contributed by atoms with Crippen molar-refractivity contribution in [2.45, 2.75) is 124 Å². The minimum atomic E-state index is -0.363. The van der Waals surface area contributed by atoms with Gasteiger partial charge in [0.2, 0.25) is 0 Å². The van der Waals surface area contributed by atoms with Crippen LogP contribution in [0.1, 0.15) is 124 Å². The van der Waals surface area contributed by atoms with E-state index in [2.05, 4.69) is 20.8 Å². The topological polar surface area (TPSA) is 54.0 Å². The first-order valence-corrected chi connectivity index (χ1v) is 14.5. The van der Waals surface area contributed by atoms with Crippen LogP contribution in [-0.4, -0.2) is 31.9 Å². The SMILES string of the molecule is CCCCCCOc1ccc(OCCCCCC)c(OCCCCCC)c1C=CC(=O)OC(C)CC. The van der Waals surface area contributed by atoms with Crippen LogP contribution >= 0.6 is 0 Å². The van der Waals surface area contributed by atoms with E-state index < -0.39 is 0 Å². The summed E-state index contributed by atoms with van der Waals surface area (Å²) in [6.07, 6.45) is 17.5. The summed E-state index contributed by atoms with van der Waals surface area (Å²) in [5.74, 6) is 1.70. The van der Waals surface area contributed by atoms with Crippen LogP contribution in [0.2, 0.25) is 0 Å². The number of rotatable bonds is 22. The van der Waals surface area contributed by atoms with E-state index in [0.29, 0.717) is 37.1 Å². The highest BCUT2D eigenvalue weighted by molar-refractivity contribution is 5.88. The van der Waals surface area contributed by atoms with Crippen molar-refractivity contribution in [1.82, 2.24) is 0 Å². The smallest absolute Gasteiger partial charge is 0.331 e. The summed E-state index contributed by atoms with van der Waals surface area (Å²) in [5.41, 5.74) is 0.744. The van der Waals surface area contributed by atoms with Crippen molar-refractivity contribution in [3.05, 3.63) is 23.8 Å². The number of carbonyl (C=O) groups is 1. The molecule has 1 aromatic carbocycles. The zero-order valence-corrected chi connectivity index (χ0v) is 23.7.